The van der Waals surface area contributed by atoms with Crippen LogP contribution in [0.25, 0.3) is 22.3 Å². The lowest BCUT2D eigenvalue weighted by molar-refractivity contribution is 0.233. The maximum absolute atomic E-state index is 4.69. The van der Waals surface area contributed by atoms with Crippen molar-refractivity contribution in [3.8, 4) is 11.3 Å². The molecule has 0 atom stereocenters. The highest BCUT2D eigenvalue weighted by Crippen LogP contribution is 2.27. The number of pyridine rings is 1. The van der Waals surface area contributed by atoms with Gasteiger partial charge in [0.15, 0.2) is 0 Å². The highest BCUT2D eigenvalue weighted by molar-refractivity contribution is 5.83. The van der Waals surface area contributed by atoms with Crippen molar-refractivity contribution >= 4 is 28.6 Å². The fourth-order valence-electron chi connectivity index (χ4n) is 4.47. The molecule has 1 aliphatic heterocycles. The number of aromatic nitrogens is 5. The first-order valence-electron chi connectivity index (χ1n) is 12.0. The van der Waals surface area contributed by atoms with E-state index in [0.29, 0.717) is 12.0 Å². The van der Waals surface area contributed by atoms with E-state index < -0.39 is 0 Å². The fraction of sp³-hybridized carbons (Fsp3) is 0.360. The second kappa shape index (κ2) is 9.36. The van der Waals surface area contributed by atoms with E-state index in [0.717, 1.165) is 66.7 Å². The first kappa shape index (κ1) is 21.0. The standard InChI is InChI=1S/C25H29N9/c1-2-19(3-1)30-24-14-21(28-16-29-24)18-4-5-20-22(13-18)32-25(31-20)33-23-12-17(6-7-27-23)15-34-10-8-26-9-11-34/h4-7,12-14,16,19,26H,1-3,8-11,15H2,(H,28,29,30)(H2,27,31,32,33). The maximum Gasteiger partial charge on any atom is 0.206 e. The van der Waals surface area contributed by atoms with Crippen molar-refractivity contribution in [2.45, 2.75) is 31.8 Å². The van der Waals surface area contributed by atoms with E-state index in [9.17, 15) is 0 Å². The van der Waals surface area contributed by atoms with E-state index in [2.05, 4.69) is 65.1 Å². The summed E-state index contributed by atoms with van der Waals surface area (Å²) in [5.41, 5.74) is 5.00. The molecule has 1 aromatic carbocycles. The minimum Gasteiger partial charge on any atom is -0.367 e. The summed E-state index contributed by atoms with van der Waals surface area (Å²) in [6.07, 6.45) is 7.19. The van der Waals surface area contributed by atoms with Gasteiger partial charge in [0, 0.05) is 56.6 Å². The number of piperazine rings is 1. The second-order valence-electron chi connectivity index (χ2n) is 9.08. The van der Waals surface area contributed by atoms with Gasteiger partial charge in [0.25, 0.3) is 0 Å². The molecule has 0 radical (unpaired) electrons. The lowest BCUT2D eigenvalue weighted by Gasteiger charge is -2.27. The maximum atomic E-state index is 4.69. The van der Waals surface area contributed by atoms with Crippen molar-refractivity contribution in [1.29, 1.82) is 0 Å². The lowest BCUT2D eigenvalue weighted by atomic mass is 9.93. The second-order valence-corrected chi connectivity index (χ2v) is 9.08. The molecule has 4 aromatic rings. The normalized spacial score (nSPS) is 16.9. The summed E-state index contributed by atoms with van der Waals surface area (Å²) >= 11 is 0. The molecule has 4 heterocycles. The van der Waals surface area contributed by atoms with Gasteiger partial charge < -0.3 is 20.9 Å². The SMILES string of the molecule is c1cc(CN2CCNCC2)cc(Nc2nc3ccc(-c4cc(NC5CCC5)ncn4)cc3[nH]2)n1. The number of nitrogens with zero attached hydrogens (tertiary/aromatic N) is 5. The van der Waals surface area contributed by atoms with Crippen LogP contribution in [-0.2, 0) is 6.54 Å². The van der Waals surface area contributed by atoms with Crippen molar-refractivity contribution in [3.63, 3.8) is 0 Å². The van der Waals surface area contributed by atoms with Gasteiger partial charge in [-0.05, 0) is 49.1 Å². The number of H-pyrrole nitrogens is 1. The molecule has 1 saturated heterocycles. The number of anilines is 3. The molecule has 1 aliphatic carbocycles. The van der Waals surface area contributed by atoms with Crippen molar-refractivity contribution in [1.82, 2.24) is 35.1 Å². The topological polar surface area (TPSA) is 107 Å². The van der Waals surface area contributed by atoms with Gasteiger partial charge >= 0.3 is 0 Å². The Kier molecular flexibility index (Phi) is 5.78. The summed E-state index contributed by atoms with van der Waals surface area (Å²) in [6, 6.07) is 12.9. The molecule has 174 valence electrons. The minimum atomic E-state index is 0.537. The Morgan fingerprint density at radius 2 is 1.88 bits per heavy atom. The van der Waals surface area contributed by atoms with Crippen molar-refractivity contribution in [2.75, 3.05) is 36.8 Å². The average molecular weight is 456 g/mol. The number of benzene rings is 1. The van der Waals surface area contributed by atoms with E-state index in [1.54, 1.807) is 6.33 Å². The number of aromatic amines is 1. The van der Waals surface area contributed by atoms with E-state index in [1.807, 2.05) is 18.3 Å². The molecule has 3 aromatic heterocycles. The van der Waals surface area contributed by atoms with Crippen LogP contribution in [0.4, 0.5) is 17.6 Å². The number of nitrogens with one attached hydrogen (secondary N) is 4. The minimum absolute atomic E-state index is 0.537. The first-order valence-corrected chi connectivity index (χ1v) is 12.0. The van der Waals surface area contributed by atoms with Gasteiger partial charge in [-0.1, -0.05) is 6.07 Å². The van der Waals surface area contributed by atoms with Crippen molar-refractivity contribution < 1.29 is 0 Å². The van der Waals surface area contributed by atoms with Crippen LogP contribution in [0.2, 0.25) is 0 Å². The van der Waals surface area contributed by atoms with Crippen LogP contribution in [-0.4, -0.2) is 62.0 Å². The van der Waals surface area contributed by atoms with Gasteiger partial charge in [-0.15, -0.1) is 0 Å². The summed E-state index contributed by atoms with van der Waals surface area (Å²) in [5, 5.41) is 10.2. The quantitative estimate of drug-likeness (QED) is 0.335. The average Bonchev–Trinajstić information content (AvgIpc) is 3.24. The Morgan fingerprint density at radius 1 is 0.971 bits per heavy atom. The third kappa shape index (κ3) is 4.71. The lowest BCUT2D eigenvalue weighted by Crippen LogP contribution is -2.42. The van der Waals surface area contributed by atoms with Crippen molar-refractivity contribution in [3.05, 3.63) is 54.5 Å². The summed E-state index contributed by atoms with van der Waals surface area (Å²) < 4.78 is 0. The Hall–Kier alpha value is -3.56. The summed E-state index contributed by atoms with van der Waals surface area (Å²) in [5.74, 6) is 2.34. The molecule has 2 aliphatic rings. The highest BCUT2D eigenvalue weighted by atomic mass is 15.2. The number of hydrogen-bond acceptors (Lipinski definition) is 8. The Labute approximate surface area is 198 Å². The zero-order valence-corrected chi connectivity index (χ0v) is 19.1. The Morgan fingerprint density at radius 3 is 2.74 bits per heavy atom. The van der Waals surface area contributed by atoms with Gasteiger partial charge in [0.1, 0.15) is 18.0 Å². The molecular weight excluding hydrogens is 426 g/mol. The van der Waals surface area contributed by atoms with Gasteiger partial charge in [-0.2, -0.15) is 0 Å². The fourth-order valence-corrected chi connectivity index (χ4v) is 4.47. The smallest absolute Gasteiger partial charge is 0.206 e. The van der Waals surface area contributed by atoms with E-state index in [4.69, 9.17) is 4.98 Å². The molecule has 0 amide bonds. The molecule has 34 heavy (non-hydrogen) atoms. The third-order valence-electron chi connectivity index (χ3n) is 6.59. The predicted octanol–water partition coefficient (Wildman–Crippen LogP) is 3.53. The van der Waals surface area contributed by atoms with Crippen molar-refractivity contribution in [2.24, 2.45) is 0 Å². The zero-order valence-electron chi connectivity index (χ0n) is 19.1. The number of hydrogen-bond donors (Lipinski definition) is 4. The number of fused-ring (bicyclic) bond motifs is 1. The predicted molar refractivity (Wildman–Crippen MR) is 134 cm³/mol. The Balaban J connectivity index is 1.18. The molecule has 1 saturated carbocycles. The highest BCUT2D eigenvalue weighted by Gasteiger charge is 2.17. The van der Waals surface area contributed by atoms with E-state index in [-0.39, 0.29) is 0 Å². The first-order chi connectivity index (χ1) is 16.8. The largest absolute Gasteiger partial charge is 0.367 e. The number of imidazole rings is 1. The molecule has 2 fully saturated rings. The van der Waals surface area contributed by atoms with E-state index in [1.165, 1.54) is 24.8 Å². The Bertz CT molecular complexity index is 1270. The van der Waals surface area contributed by atoms with Gasteiger partial charge in [0.2, 0.25) is 5.95 Å². The molecule has 9 heteroatoms. The zero-order chi connectivity index (χ0) is 22.7. The third-order valence-corrected chi connectivity index (χ3v) is 6.59. The molecule has 6 rings (SSSR count). The van der Waals surface area contributed by atoms with Crippen LogP contribution in [0.5, 0.6) is 0 Å². The van der Waals surface area contributed by atoms with Crippen LogP contribution < -0.4 is 16.0 Å². The van der Waals surface area contributed by atoms with Gasteiger partial charge in [-0.3, -0.25) is 4.90 Å². The molecule has 9 nitrogen and oxygen atoms in total. The van der Waals surface area contributed by atoms with Crippen LogP contribution in [0.1, 0.15) is 24.8 Å². The monoisotopic (exact) mass is 455 g/mol. The molecule has 0 unspecified atom stereocenters. The van der Waals surface area contributed by atoms with Crippen LogP contribution in [0.15, 0.2) is 48.9 Å². The number of rotatable bonds is 7. The van der Waals surface area contributed by atoms with E-state index >= 15 is 0 Å². The van der Waals surface area contributed by atoms with Gasteiger partial charge in [-0.25, -0.2) is 19.9 Å². The van der Waals surface area contributed by atoms with Crippen LogP contribution in [0.3, 0.4) is 0 Å². The molecule has 0 spiro atoms. The van der Waals surface area contributed by atoms with Crippen LogP contribution >= 0.6 is 0 Å². The summed E-state index contributed by atoms with van der Waals surface area (Å²) in [4.78, 5) is 23.9. The summed E-state index contributed by atoms with van der Waals surface area (Å²) in [7, 11) is 0. The molecule has 4 N–H and O–H groups in total. The molecule has 0 bridgehead atoms. The van der Waals surface area contributed by atoms with Gasteiger partial charge in [0.05, 0.1) is 16.7 Å². The summed E-state index contributed by atoms with van der Waals surface area (Å²) in [6.45, 7) is 5.16. The van der Waals surface area contributed by atoms with Crippen LogP contribution in [0, 0.1) is 0 Å². The molecular formula is C25H29N9.